The van der Waals surface area contributed by atoms with Gasteiger partial charge in [-0.2, -0.15) is 0 Å². The second-order valence-corrected chi connectivity index (χ2v) is 5.86. The number of carbonyl (C=O) groups is 1. The van der Waals surface area contributed by atoms with Gasteiger partial charge in [0.2, 0.25) is 0 Å². The van der Waals surface area contributed by atoms with E-state index in [-0.39, 0.29) is 5.91 Å². The van der Waals surface area contributed by atoms with E-state index in [9.17, 15) is 4.79 Å². The zero-order chi connectivity index (χ0) is 18.2. The standard InChI is InChI=1S/C18H23N3O3S/c1-21(18(25)19-9-6-10-23-2)20-17(22)15-11-13-7-4-5-8-14(13)12-16(15)24-3/h4-5,7-8,11-12H,6,9-10H2,1-3H3,(H,19,25)(H,20,22). The van der Waals surface area contributed by atoms with Gasteiger partial charge in [0.1, 0.15) is 5.75 Å². The molecule has 0 atom stereocenters. The van der Waals surface area contributed by atoms with Gasteiger partial charge in [-0.1, -0.05) is 24.3 Å². The van der Waals surface area contributed by atoms with Crippen molar-refractivity contribution in [1.82, 2.24) is 15.8 Å². The minimum atomic E-state index is -0.286. The lowest BCUT2D eigenvalue weighted by Crippen LogP contribution is -2.48. The minimum Gasteiger partial charge on any atom is -0.496 e. The molecule has 0 aliphatic carbocycles. The third kappa shape index (κ3) is 5.04. The molecule has 0 bridgehead atoms. The molecule has 25 heavy (non-hydrogen) atoms. The van der Waals surface area contributed by atoms with Crippen LogP contribution in [0.25, 0.3) is 10.8 Å². The number of carbonyl (C=O) groups excluding carboxylic acids is 1. The second kappa shape index (κ2) is 9.19. The number of fused-ring (bicyclic) bond motifs is 1. The number of benzene rings is 2. The molecule has 2 rings (SSSR count). The summed E-state index contributed by atoms with van der Waals surface area (Å²) >= 11 is 5.26. The number of amides is 1. The van der Waals surface area contributed by atoms with Crippen LogP contribution in [0.3, 0.4) is 0 Å². The zero-order valence-electron chi connectivity index (χ0n) is 14.7. The van der Waals surface area contributed by atoms with Gasteiger partial charge in [0, 0.05) is 27.3 Å². The molecule has 2 aromatic carbocycles. The fraction of sp³-hybridized carbons (Fsp3) is 0.333. The van der Waals surface area contributed by atoms with Crippen LogP contribution in [0.1, 0.15) is 16.8 Å². The fourth-order valence-electron chi connectivity index (χ4n) is 2.36. The molecule has 7 heteroatoms. The van der Waals surface area contributed by atoms with Crippen LogP contribution in [0.2, 0.25) is 0 Å². The lowest BCUT2D eigenvalue weighted by Gasteiger charge is -2.22. The summed E-state index contributed by atoms with van der Waals surface area (Å²) in [7, 11) is 4.89. The number of nitrogens with zero attached hydrogens (tertiary/aromatic N) is 1. The normalized spacial score (nSPS) is 10.4. The Morgan fingerprint density at radius 2 is 1.88 bits per heavy atom. The first-order chi connectivity index (χ1) is 12.1. The van der Waals surface area contributed by atoms with E-state index in [1.807, 2.05) is 36.4 Å². The van der Waals surface area contributed by atoms with Gasteiger partial charge in [0.15, 0.2) is 5.11 Å². The topological polar surface area (TPSA) is 62.8 Å². The number of hydrogen-bond acceptors (Lipinski definition) is 4. The molecule has 0 aliphatic heterocycles. The van der Waals surface area contributed by atoms with Crippen molar-refractivity contribution in [2.75, 3.05) is 34.4 Å². The van der Waals surface area contributed by atoms with Crippen molar-refractivity contribution in [3.8, 4) is 5.75 Å². The summed E-state index contributed by atoms with van der Waals surface area (Å²) in [5, 5.41) is 6.97. The Labute approximate surface area is 153 Å². The zero-order valence-corrected chi connectivity index (χ0v) is 15.5. The second-order valence-electron chi connectivity index (χ2n) is 5.48. The highest BCUT2D eigenvalue weighted by Gasteiger charge is 2.16. The highest BCUT2D eigenvalue weighted by Crippen LogP contribution is 2.25. The van der Waals surface area contributed by atoms with Crippen molar-refractivity contribution in [1.29, 1.82) is 0 Å². The Morgan fingerprint density at radius 1 is 1.20 bits per heavy atom. The van der Waals surface area contributed by atoms with Gasteiger partial charge < -0.3 is 14.8 Å². The average molecular weight is 361 g/mol. The molecule has 0 aliphatic rings. The maximum atomic E-state index is 12.6. The van der Waals surface area contributed by atoms with Crippen LogP contribution in [0, 0.1) is 0 Å². The van der Waals surface area contributed by atoms with Crippen molar-refractivity contribution >= 4 is 34.0 Å². The molecule has 0 spiro atoms. The summed E-state index contributed by atoms with van der Waals surface area (Å²) in [5.74, 6) is 0.231. The molecule has 0 radical (unpaired) electrons. The molecule has 0 saturated carbocycles. The van der Waals surface area contributed by atoms with Gasteiger partial charge in [0.25, 0.3) is 5.91 Å². The lowest BCUT2D eigenvalue weighted by molar-refractivity contribution is 0.0883. The largest absolute Gasteiger partial charge is 0.496 e. The van der Waals surface area contributed by atoms with Crippen LogP contribution in [-0.2, 0) is 4.74 Å². The van der Waals surface area contributed by atoms with Crippen molar-refractivity contribution in [3.63, 3.8) is 0 Å². The van der Waals surface area contributed by atoms with E-state index in [0.29, 0.717) is 29.6 Å². The summed E-state index contributed by atoms with van der Waals surface area (Å²) in [6.07, 6.45) is 0.830. The minimum absolute atomic E-state index is 0.286. The Balaban J connectivity index is 2.06. The van der Waals surface area contributed by atoms with Crippen molar-refractivity contribution in [3.05, 3.63) is 42.0 Å². The van der Waals surface area contributed by atoms with Gasteiger partial charge in [-0.3, -0.25) is 15.2 Å². The van der Waals surface area contributed by atoms with Gasteiger partial charge in [0.05, 0.1) is 12.7 Å². The predicted molar refractivity (Wildman–Crippen MR) is 103 cm³/mol. The van der Waals surface area contributed by atoms with E-state index in [4.69, 9.17) is 21.7 Å². The number of hydrazine groups is 1. The average Bonchev–Trinajstić information content (AvgIpc) is 2.63. The first-order valence-electron chi connectivity index (χ1n) is 7.95. The van der Waals surface area contributed by atoms with Gasteiger partial charge in [-0.05, 0) is 41.5 Å². The van der Waals surface area contributed by atoms with Crippen LogP contribution in [0.5, 0.6) is 5.75 Å². The maximum absolute atomic E-state index is 12.6. The first-order valence-corrected chi connectivity index (χ1v) is 8.36. The van der Waals surface area contributed by atoms with Gasteiger partial charge in [-0.15, -0.1) is 0 Å². The number of methoxy groups -OCH3 is 2. The van der Waals surface area contributed by atoms with Crippen molar-refractivity contribution in [2.24, 2.45) is 0 Å². The Bertz CT molecular complexity index is 751. The number of thiocarbonyl (C=S) groups is 1. The van der Waals surface area contributed by atoms with Crippen LogP contribution < -0.4 is 15.5 Å². The van der Waals surface area contributed by atoms with Gasteiger partial charge >= 0.3 is 0 Å². The number of rotatable bonds is 6. The third-order valence-corrected chi connectivity index (χ3v) is 4.11. The number of hydrogen-bond donors (Lipinski definition) is 2. The van der Waals surface area contributed by atoms with Crippen LogP contribution >= 0.6 is 12.2 Å². The molecule has 6 nitrogen and oxygen atoms in total. The van der Waals surface area contributed by atoms with E-state index in [1.165, 1.54) is 5.01 Å². The monoisotopic (exact) mass is 361 g/mol. The molecule has 0 aromatic heterocycles. The highest BCUT2D eigenvalue weighted by atomic mass is 32.1. The molecule has 0 unspecified atom stereocenters. The first kappa shape index (κ1) is 19.0. The summed E-state index contributed by atoms with van der Waals surface area (Å²) < 4.78 is 10.4. The maximum Gasteiger partial charge on any atom is 0.273 e. The molecule has 1 amide bonds. The molecule has 134 valence electrons. The summed E-state index contributed by atoms with van der Waals surface area (Å²) in [6, 6.07) is 11.5. The quantitative estimate of drug-likeness (QED) is 0.468. The molecule has 0 heterocycles. The summed E-state index contributed by atoms with van der Waals surface area (Å²) in [5.41, 5.74) is 3.21. The Kier molecular flexibility index (Phi) is 6.97. The van der Waals surface area contributed by atoms with Crippen molar-refractivity contribution < 1.29 is 14.3 Å². The van der Waals surface area contributed by atoms with E-state index in [0.717, 1.165) is 17.2 Å². The predicted octanol–water partition coefficient (Wildman–Crippen LogP) is 2.34. The third-order valence-electron chi connectivity index (χ3n) is 3.69. The highest BCUT2D eigenvalue weighted by molar-refractivity contribution is 7.80. The van der Waals surface area contributed by atoms with Crippen LogP contribution in [0.15, 0.2) is 36.4 Å². The number of ether oxygens (including phenoxy) is 2. The molecule has 0 fully saturated rings. The molecular formula is C18H23N3O3S. The van der Waals surface area contributed by atoms with Gasteiger partial charge in [-0.25, -0.2) is 0 Å². The van der Waals surface area contributed by atoms with Crippen molar-refractivity contribution in [2.45, 2.75) is 6.42 Å². The Hall–Kier alpha value is -2.38. The summed E-state index contributed by atoms with van der Waals surface area (Å²) in [4.78, 5) is 12.6. The molecule has 2 aromatic rings. The summed E-state index contributed by atoms with van der Waals surface area (Å²) in [6.45, 7) is 1.33. The Morgan fingerprint density at radius 3 is 2.52 bits per heavy atom. The van der Waals surface area contributed by atoms with E-state index in [2.05, 4.69) is 10.7 Å². The van der Waals surface area contributed by atoms with E-state index in [1.54, 1.807) is 21.3 Å². The van der Waals surface area contributed by atoms with Crippen LogP contribution in [-0.4, -0.2) is 50.4 Å². The van der Waals surface area contributed by atoms with Crippen LogP contribution in [0.4, 0.5) is 0 Å². The molecule has 0 saturated heterocycles. The molecular weight excluding hydrogens is 338 g/mol. The van der Waals surface area contributed by atoms with E-state index >= 15 is 0 Å². The molecule has 2 N–H and O–H groups in total. The lowest BCUT2D eigenvalue weighted by atomic mass is 10.1. The van der Waals surface area contributed by atoms with E-state index < -0.39 is 0 Å². The SMILES string of the molecule is COCCCNC(=S)N(C)NC(=O)c1cc2ccccc2cc1OC. The number of nitrogens with one attached hydrogen (secondary N) is 2. The smallest absolute Gasteiger partial charge is 0.273 e. The fourth-order valence-corrected chi connectivity index (χ4v) is 2.51.